The Bertz CT molecular complexity index is 1510. The molecule has 0 saturated heterocycles. The van der Waals surface area contributed by atoms with Gasteiger partial charge in [0.2, 0.25) is 5.95 Å². The van der Waals surface area contributed by atoms with Gasteiger partial charge in [-0.15, -0.1) is 5.92 Å². The summed E-state index contributed by atoms with van der Waals surface area (Å²) in [6.45, 7) is 10.4. The van der Waals surface area contributed by atoms with E-state index in [9.17, 15) is 8.42 Å². The number of rotatable bonds is 7. The van der Waals surface area contributed by atoms with Crippen molar-refractivity contribution in [3.8, 4) is 11.8 Å². The van der Waals surface area contributed by atoms with Gasteiger partial charge in [0.25, 0.3) is 0 Å². The lowest BCUT2D eigenvalue weighted by Gasteiger charge is -2.40. The van der Waals surface area contributed by atoms with Crippen LogP contribution in [0.4, 0.5) is 27.3 Å². The van der Waals surface area contributed by atoms with E-state index in [2.05, 4.69) is 48.8 Å². The molecule has 0 bridgehead atoms. The molecule has 1 saturated carbocycles. The Kier molecular flexibility index (Phi) is 7.25. The molecule has 0 amide bonds. The second-order valence-corrected chi connectivity index (χ2v) is 12.0. The summed E-state index contributed by atoms with van der Waals surface area (Å²) in [5.41, 5.74) is 5.89. The average molecular weight is 540 g/mol. The van der Waals surface area contributed by atoms with Gasteiger partial charge < -0.3 is 15.8 Å². The number of anilines is 2. The van der Waals surface area contributed by atoms with E-state index in [0.717, 1.165) is 12.8 Å². The molecule has 0 aromatic carbocycles. The molecule has 200 valence electrons. The largest absolute Gasteiger partial charge is 0.468 e. The van der Waals surface area contributed by atoms with Crippen molar-refractivity contribution in [1.82, 2.24) is 9.97 Å². The normalized spacial score (nSPS) is 24.6. The van der Waals surface area contributed by atoms with Crippen LogP contribution in [0.25, 0.3) is 0 Å². The molecule has 10 nitrogen and oxygen atoms in total. The Balaban J connectivity index is 1.68. The van der Waals surface area contributed by atoms with Crippen molar-refractivity contribution in [3.05, 3.63) is 36.0 Å². The minimum Gasteiger partial charge on any atom is -0.468 e. The fraction of sp³-hybridized carbons (Fsp3) is 0.423. The SMILES string of the molecule is C=Nc1c(N=C(C)OCC#CC)ccnc1Nc1cnc(F)c([C@]2(C)CS(=O)(=O)[C@@](C)(C3CC3)C(N)=N2)c1. The van der Waals surface area contributed by atoms with Crippen LogP contribution in [0.15, 0.2) is 39.5 Å². The Labute approximate surface area is 221 Å². The van der Waals surface area contributed by atoms with Crippen molar-refractivity contribution < 1.29 is 17.5 Å². The molecule has 2 aromatic heterocycles. The highest BCUT2D eigenvalue weighted by Crippen LogP contribution is 2.49. The highest BCUT2D eigenvalue weighted by molar-refractivity contribution is 7.93. The van der Waals surface area contributed by atoms with Crippen LogP contribution in [0.2, 0.25) is 0 Å². The molecule has 3 N–H and O–H groups in total. The Hall–Kier alpha value is -3.85. The Morgan fingerprint density at radius 2 is 2.11 bits per heavy atom. The summed E-state index contributed by atoms with van der Waals surface area (Å²) in [5, 5.41) is 3.05. The standard InChI is InChI=1S/C26H30FN7O3S/c1-6-7-12-37-16(2)32-20-10-11-30-23(21(20)29-5)33-18-13-19(22(27)31-14-18)25(3)15-38(35,36)26(4,17-8-9-17)24(28)34-25/h10-11,13-14,17H,5,8-9,12,15H2,1-4H3,(H2,28,34)(H,30,33)/t25-,26-/m0/s1. The van der Waals surface area contributed by atoms with Gasteiger partial charge in [-0.05, 0) is 58.4 Å². The van der Waals surface area contributed by atoms with Gasteiger partial charge in [-0.3, -0.25) is 9.98 Å². The molecule has 1 aliphatic carbocycles. The third kappa shape index (κ3) is 4.98. The smallest absolute Gasteiger partial charge is 0.218 e. The van der Waals surface area contributed by atoms with Crippen molar-refractivity contribution in [2.45, 2.75) is 50.8 Å². The van der Waals surface area contributed by atoms with Crippen LogP contribution < -0.4 is 11.1 Å². The molecule has 4 rings (SSSR count). The number of ether oxygens (including phenoxy) is 1. The number of sulfone groups is 1. The van der Waals surface area contributed by atoms with E-state index in [1.807, 2.05) is 0 Å². The summed E-state index contributed by atoms with van der Waals surface area (Å²) in [5.74, 6) is 4.89. The fourth-order valence-electron chi connectivity index (χ4n) is 4.55. The average Bonchev–Trinajstić information content (AvgIpc) is 3.69. The fourth-order valence-corrected chi connectivity index (χ4v) is 6.92. The number of nitrogens with one attached hydrogen (secondary N) is 1. The second-order valence-electron chi connectivity index (χ2n) is 9.63. The summed E-state index contributed by atoms with van der Waals surface area (Å²) < 4.78 is 46.0. The van der Waals surface area contributed by atoms with Crippen molar-refractivity contribution in [2.75, 3.05) is 17.7 Å². The zero-order valence-corrected chi connectivity index (χ0v) is 22.6. The Morgan fingerprint density at radius 1 is 1.37 bits per heavy atom. The van der Waals surface area contributed by atoms with E-state index < -0.39 is 26.1 Å². The molecule has 0 radical (unpaired) electrons. The lowest BCUT2D eigenvalue weighted by Crippen LogP contribution is -2.58. The molecule has 1 aliphatic heterocycles. The van der Waals surface area contributed by atoms with E-state index in [4.69, 9.17) is 10.5 Å². The zero-order valence-electron chi connectivity index (χ0n) is 21.7. The van der Waals surface area contributed by atoms with Crippen LogP contribution >= 0.6 is 0 Å². The summed E-state index contributed by atoms with van der Waals surface area (Å²) in [6.07, 6.45) is 4.33. The molecule has 3 heterocycles. The minimum absolute atomic E-state index is 0.000563. The number of hydrogen-bond donors (Lipinski definition) is 2. The molecular formula is C26H30FN7O3S. The maximum atomic E-state index is 15.0. The predicted octanol–water partition coefficient (Wildman–Crippen LogP) is 3.95. The van der Waals surface area contributed by atoms with Crippen LogP contribution in [0.3, 0.4) is 0 Å². The number of nitrogens with two attached hydrogens (primary N) is 1. The van der Waals surface area contributed by atoms with Crippen molar-refractivity contribution in [2.24, 2.45) is 26.6 Å². The molecule has 0 unspecified atom stereocenters. The third-order valence-corrected chi connectivity index (χ3v) is 9.68. The van der Waals surface area contributed by atoms with Crippen LogP contribution in [-0.2, 0) is 20.1 Å². The van der Waals surface area contributed by atoms with E-state index in [0.29, 0.717) is 23.0 Å². The number of pyridine rings is 2. The number of halogens is 1. The molecule has 1 fully saturated rings. The molecular weight excluding hydrogens is 509 g/mol. The van der Waals surface area contributed by atoms with Crippen LogP contribution in [0.1, 0.15) is 46.1 Å². The molecule has 2 aromatic rings. The van der Waals surface area contributed by atoms with Gasteiger partial charge >= 0.3 is 0 Å². The summed E-state index contributed by atoms with van der Waals surface area (Å²) in [7, 11) is -3.73. The number of hydrogen-bond acceptors (Lipinski definition) is 10. The zero-order chi connectivity index (χ0) is 27.7. The lowest BCUT2D eigenvalue weighted by molar-refractivity contribution is 0.355. The lowest BCUT2D eigenvalue weighted by atomic mass is 9.93. The first-order valence-corrected chi connectivity index (χ1v) is 13.6. The summed E-state index contributed by atoms with van der Waals surface area (Å²) in [4.78, 5) is 21.2. The minimum atomic E-state index is -3.73. The van der Waals surface area contributed by atoms with Crippen LogP contribution in [-0.4, -0.2) is 53.9 Å². The highest BCUT2D eigenvalue weighted by Gasteiger charge is 2.59. The third-order valence-electron chi connectivity index (χ3n) is 6.90. The van der Waals surface area contributed by atoms with Crippen LogP contribution in [0.5, 0.6) is 0 Å². The first kappa shape index (κ1) is 27.2. The number of aromatic nitrogens is 2. The number of aliphatic imine (C=N–C) groups is 3. The Morgan fingerprint density at radius 3 is 2.74 bits per heavy atom. The van der Waals surface area contributed by atoms with Crippen LogP contribution in [0, 0.1) is 23.7 Å². The van der Waals surface area contributed by atoms with Gasteiger partial charge in [0.15, 0.2) is 21.6 Å². The molecule has 12 heteroatoms. The summed E-state index contributed by atoms with van der Waals surface area (Å²) in [6, 6.07) is 3.10. The maximum absolute atomic E-state index is 15.0. The topological polar surface area (TPSA) is 144 Å². The van der Waals surface area contributed by atoms with Gasteiger partial charge in [0.05, 0.1) is 23.3 Å². The van der Waals surface area contributed by atoms with Gasteiger partial charge in [-0.25, -0.2) is 23.4 Å². The summed E-state index contributed by atoms with van der Waals surface area (Å²) >= 11 is 0. The highest BCUT2D eigenvalue weighted by atomic mass is 32.2. The molecule has 2 aliphatic rings. The van der Waals surface area contributed by atoms with E-state index in [1.54, 1.807) is 33.8 Å². The first-order chi connectivity index (χ1) is 17.9. The maximum Gasteiger partial charge on any atom is 0.218 e. The van der Waals surface area contributed by atoms with Crippen molar-refractivity contribution in [3.63, 3.8) is 0 Å². The van der Waals surface area contributed by atoms with Gasteiger partial charge in [0, 0.05) is 18.7 Å². The molecule has 38 heavy (non-hydrogen) atoms. The van der Waals surface area contributed by atoms with Gasteiger partial charge in [-0.2, -0.15) is 4.39 Å². The van der Waals surface area contributed by atoms with Crippen molar-refractivity contribution in [1.29, 1.82) is 0 Å². The second kappa shape index (κ2) is 10.1. The number of amidine groups is 1. The molecule has 2 atom stereocenters. The van der Waals surface area contributed by atoms with E-state index in [-0.39, 0.29) is 35.5 Å². The predicted molar refractivity (Wildman–Crippen MR) is 147 cm³/mol. The van der Waals surface area contributed by atoms with E-state index in [1.165, 1.54) is 18.5 Å². The van der Waals surface area contributed by atoms with Crippen molar-refractivity contribution >= 4 is 51.2 Å². The number of nitrogens with zero attached hydrogens (tertiary/aromatic N) is 5. The molecule has 0 spiro atoms. The van der Waals surface area contributed by atoms with E-state index >= 15 is 4.39 Å². The quantitative estimate of drug-likeness (QED) is 0.235. The monoisotopic (exact) mass is 539 g/mol. The van der Waals surface area contributed by atoms with Gasteiger partial charge in [0.1, 0.15) is 28.4 Å². The van der Waals surface area contributed by atoms with Gasteiger partial charge in [-0.1, -0.05) is 5.92 Å². The first-order valence-electron chi connectivity index (χ1n) is 12.0.